The van der Waals surface area contributed by atoms with Crippen molar-refractivity contribution in [2.45, 2.75) is 357 Å². The molecule has 0 aromatic heterocycles. The van der Waals surface area contributed by atoms with Crippen LogP contribution in [0.4, 0.5) is 0 Å². The van der Waals surface area contributed by atoms with Gasteiger partial charge in [-0.05, 0) is 259 Å². The van der Waals surface area contributed by atoms with Gasteiger partial charge in [-0.2, -0.15) is 30.4 Å². The summed E-state index contributed by atoms with van der Waals surface area (Å²) in [5.41, 5.74) is -0.366. The van der Waals surface area contributed by atoms with Gasteiger partial charge in [-0.25, -0.2) is 0 Å². The molecule has 6 N–H and O–H groups in total. The second kappa shape index (κ2) is 22.0. The van der Waals surface area contributed by atoms with Gasteiger partial charge in [0.15, 0.2) is 0 Å². The molecule has 0 aromatic carbocycles. The Morgan fingerprint density at radius 3 is 0.507 bits per heavy atom. The Kier molecular flexibility index (Phi) is 21.2. The minimum atomic E-state index is -0.102. The van der Waals surface area contributed by atoms with Crippen LogP contribution in [0.5, 0.6) is 0 Å². The fourth-order valence-corrected chi connectivity index (χ4v) is 11.8. The standard InChI is InChI=1S/C12H25NO.C11H23NO.2C9H19NO.2C8H17NO/c1-10(2,3)12(6)9-7-8-11(4,5)13(12)14;1-9(2,3)11(6)8-7-10(4,5)12(11)13;2*1-8(2)6-5-7-9(3,4)10(8)11;2*1-7(2)5-6-8(3,4)9(7)10/h14H,7-9H2,1-6H3;13H,7-8H2,1-6H3;2*11H,5-7H2,1-4H3;2*10H,5-6H2,1-4H3. The highest BCUT2D eigenvalue weighted by Crippen LogP contribution is 2.49. The van der Waals surface area contributed by atoms with Crippen molar-refractivity contribution in [3.63, 3.8) is 0 Å². The van der Waals surface area contributed by atoms with Crippen LogP contribution in [0.1, 0.15) is 290 Å². The van der Waals surface area contributed by atoms with E-state index in [1.807, 2.05) is 0 Å². The smallest absolute Gasteiger partial charge is 0.0487 e. The third-order valence-corrected chi connectivity index (χ3v) is 18.4. The summed E-state index contributed by atoms with van der Waals surface area (Å²) in [5.74, 6) is 0. The predicted molar refractivity (Wildman–Crippen MR) is 288 cm³/mol. The molecular weight excluding hydrogens is 865 g/mol. The Bertz CT molecular complexity index is 1470. The van der Waals surface area contributed by atoms with Crippen molar-refractivity contribution in [3.8, 4) is 0 Å². The molecule has 0 saturated carbocycles. The first-order chi connectivity index (χ1) is 30.2. The minimum absolute atomic E-state index is 0.0243. The molecule has 0 spiro atoms. The third kappa shape index (κ3) is 16.0. The van der Waals surface area contributed by atoms with Crippen LogP contribution in [-0.2, 0) is 0 Å². The van der Waals surface area contributed by atoms with Crippen molar-refractivity contribution < 1.29 is 31.2 Å². The van der Waals surface area contributed by atoms with Crippen molar-refractivity contribution in [3.05, 3.63) is 0 Å². The largest absolute Gasteiger partial charge is 0.313 e. The summed E-state index contributed by atoms with van der Waals surface area (Å²) >= 11 is 0. The lowest BCUT2D eigenvalue weighted by atomic mass is 9.67. The number of rotatable bonds is 0. The van der Waals surface area contributed by atoms with Crippen LogP contribution in [0.3, 0.4) is 0 Å². The van der Waals surface area contributed by atoms with Gasteiger partial charge in [0.25, 0.3) is 0 Å². The lowest BCUT2D eigenvalue weighted by molar-refractivity contribution is -0.273. The Balaban J connectivity index is 0.000000416. The maximum Gasteiger partial charge on any atom is 0.0487 e. The van der Waals surface area contributed by atoms with Crippen LogP contribution in [0.25, 0.3) is 0 Å². The van der Waals surface area contributed by atoms with E-state index in [4.69, 9.17) is 0 Å². The fraction of sp³-hybridized carbons (Fsp3) is 1.00. The molecule has 12 nitrogen and oxygen atoms in total. The topological polar surface area (TPSA) is 141 Å². The molecule has 6 aliphatic rings. The second-order valence-electron chi connectivity index (χ2n) is 31.1. The van der Waals surface area contributed by atoms with Crippen LogP contribution in [0, 0.1) is 10.8 Å². The number of nitrogens with zero attached hydrogens (tertiary/aromatic N) is 6. The molecule has 69 heavy (non-hydrogen) atoms. The first kappa shape index (κ1) is 66.5. The van der Waals surface area contributed by atoms with Crippen LogP contribution < -0.4 is 0 Å². The summed E-state index contributed by atoms with van der Waals surface area (Å²) in [5, 5.41) is 68.5. The highest BCUT2D eigenvalue weighted by molar-refractivity contribution is 5.05. The van der Waals surface area contributed by atoms with E-state index in [0.29, 0.717) is 0 Å². The van der Waals surface area contributed by atoms with E-state index < -0.39 is 0 Å². The van der Waals surface area contributed by atoms with E-state index in [-0.39, 0.29) is 77.3 Å². The Morgan fingerprint density at radius 2 is 0.362 bits per heavy atom. The van der Waals surface area contributed by atoms with Gasteiger partial charge in [0.1, 0.15) is 0 Å². The minimum Gasteiger partial charge on any atom is -0.313 e. The molecule has 0 aliphatic carbocycles. The monoisotopic (exact) mass is 985 g/mol. The highest BCUT2D eigenvalue weighted by Gasteiger charge is 2.54. The Labute approximate surface area is 427 Å². The molecule has 12 heteroatoms. The summed E-state index contributed by atoms with van der Waals surface area (Å²) in [7, 11) is 0. The molecule has 0 amide bonds. The molecule has 414 valence electrons. The first-order valence-corrected chi connectivity index (χ1v) is 27.1. The summed E-state index contributed by atoms with van der Waals surface area (Å²) in [6.07, 6.45) is 16.6. The maximum absolute atomic E-state index is 10.3. The molecule has 0 aromatic rings. The molecular formula is C57H120N6O6. The van der Waals surface area contributed by atoms with Gasteiger partial charge in [-0.15, -0.1) is 0 Å². The van der Waals surface area contributed by atoms with Crippen molar-refractivity contribution in [2.24, 2.45) is 10.8 Å². The molecule has 2 atom stereocenters. The lowest BCUT2D eigenvalue weighted by Crippen LogP contribution is -2.63. The number of hydrogen-bond acceptors (Lipinski definition) is 12. The van der Waals surface area contributed by atoms with E-state index in [9.17, 15) is 31.2 Å². The van der Waals surface area contributed by atoms with Gasteiger partial charge in [0.05, 0.1) is 0 Å². The lowest BCUT2D eigenvalue weighted by Gasteiger charge is -2.56. The van der Waals surface area contributed by atoms with Crippen molar-refractivity contribution >= 4 is 0 Å². The molecule has 0 bridgehead atoms. The summed E-state index contributed by atoms with van der Waals surface area (Å²) in [6.45, 7) is 59.3. The first-order valence-electron chi connectivity index (χ1n) is 27.1. The van der Waals surface area contributed by atoms with Crippen molar-refractivity contribution in [2.75, 3.05) is 0 Å². The van der Waals surface area contributed by atoms with E-state index in [1.165, 1.54) is 39.5 Å². The average Bonchev–Trinajstić information content (AvgIpc) is 3.60. The highest BCUT2D eigenvalue weighted by atomic mass is 16.5. The van der Waals surface area contributed by atoms with Gasteiger partial charge in [-0.3, -0.25) is 0 Å². The Morgan fingerprint density at radius 1 is 0.217 bits per heavy atom. The number of hydroxylamine groups is 12. The zero-order valence-corrected chi connectivity index (χ0v) is 51.0. The van der Waals surface area contributed by atoms with Gasteiger partial charge >= 0.3 is 0 Å². The predicted octanol–water partition coefficient (Wildman–Crippen LogP) is 15.4. The van der Waals surface area contributed by atoms with E-state index in [2.05, 4.69) is 194 Å². The molecule has 6 fully saturated rings. The van der Waals surface area contributed by atoms with E-state index in [1.54, 1.807) is 10.1 Å². The fourth-order valence-electron chi connectivity index (χ4n) is 11.8. The van der Waals surface area contributed by atoms with E-state index >= 15 is 0 Å². The molecule has 6 aliphatic heterocycles. The van der Waals surface area contributed by atoms with Crippen LogP contribution >= 0.6 is 0 Å². The molecule has 2 unspecified atom stereocenters. The van der Waals surface area contributed by atoms with Crippen LogP contribution in [-0.4, -0.2) is 128 Å². The van der Waals surface area contributed by atoms with Gasteiger partial charge in [-0.1, -0.05) is 41.5 Å². The van der Waals surface area contributed by atoms with Gasteiger partial charge < -0.3 is 31.2 Å². The van der Waals surface area contributed by atoms with Crippen molar-refractivity contribution in [1.82, 2.24) is 30.4 Å². The molecule has 6 heterocycles. The summed E-state index contributed by atoms with van der Waals surface area (Å²) < 4.78 is 0. The average molecular weight is 986 g/mol. The van der Waals surface area contributed by atoms with E-state index in [0.717, 1.165) is 77.0 Å². The quantitative estimate of drug-likeness (QED) is 0.138. The van der Waals surface area contributed by atoms with Crippen LogP contribution in [0.15, 0.2) is 0 Å². The molecule has 6 rings (SSSR count). The summed E-state index contributed by atoms with van der Waals surface area (Å²) in [4.78, 5) is 0. The van der Waals surface area contributed by atoms with Crippen LogP contribution in [0.2, 0.25) is 0 Å². The zero-order chi connectivity index (χ0) is 55.1. The summed E-state index contributed by atoms with van der Waals surface area (Å²) in [6, 6.07) is 0. The number of hydrogen-bond donors (Lipinski definition) is 6. The SMILES string of the molecule is CC1(C)CCC(C)(C(C)(C)C)N1O.CC1(C)CCC(C)(C)N1O.CC1(C)CCC(C)(C)N1O.CC1(C)CCCC(C)(C(C)(C)C)N1O.CC1(C)CCCC(C)(C)N1O.CC1(C)CCCC(C)(C)N1O. The molecule has 0 radical (unpaired) electrons. The van der Waals surface area contributed by atoms with Gasteiger partial charge in [0.2, 0.25) is 0 Å². The van der Waals surface area contributed by atoms with Crippen molar-refractivity contribution in [1.29, 1.82) is 0 Å². The normalized spacial score (nSPS) is 32.3. The Hall–Kier alpha value is -0.480. The zero-order valence-electron chi connectivity index (χ0n) is 51.0. The number of piperidine rings is 3. The second-order valence-corrected chi connectivity index (χ2v) is 31.1. The third-order valence-electron chi connectivity index (χ3n) is 18.4. The maximum atomic E-state index is 10.3. The van der Waals surface area contributed by atoms with Gasteiger partial charge in [0, 0.05) is 66.5 Å². The molecule has 6 saturated heterocycles.